The van der Waals surface area contributed by atoms with Crippen LogP contribution in [0.1, 0.15) is 24.0 Å². The number of hydrogen-bond donors (Lipinski definition) is 1. The summed E-state index contributed by atoms with van der Waals surface area (Å²) < 4.78 is 17.6. The standard InChI is InChI=1S/C7H11FN2O/c1-5-4-7(10-11-5)6(8)2-3-9/h4,6H,2-3,9H2,1H3. The summed E-state index contributed by atoms with van der Waals surface area (Å²) in [6.45, 7) is 2.05. The maximum absolute atomic E-state index is 12.9. The maximum atomic E-state index is 12.9. The molecule has 0 saturated carbocycles. The Bertz CT molecular complexity index is 224. The molecule has 11 heavy (non-hydrogen) atoms. The molecule has 3 nitrogen and oxygen atoms in total. The zero-order valence-electron chi connectivity index (χ0n) is 6.38. The quantitative estimate of drug-likeness (QED) is 0.722. The molecule has 0 fully saturated rings. The Morgan fingerprint density at radius 2 is 2.55 bits per heavy atom. The monoisotopic (exact) mass is 158 g/mol. The van der Waals surface area contributed by atoms with Crippen LogP contribution in [0.5, 0.6) is 0 Å². The Balaban J connectivity index is 2.60. The minimum Gasteiger partial charge on any atom is -0.361 e. The van der Waals surface area contributed by atoms with Crippen LogP contribution in [0, 0.1) is 6.92 Å². The highest BCUT2D eigenvalue weighted by atomic mass is 19.1. The van der Waals surface area contributed by atoms with Crippen molar-refractivity contribution in [1.29, 1.82) is 0 Å². The average Bonchev–Trinajstić information content (AvgIpc) is 2.36. The number of aryl methyl sites for hydroxylation is 1. The lowest BCUT2D eigenvalue weighted by Crippen LogP contribution is -2.03. The first kappa shape index (κ1) is 8.20. The van der Waals surface area contributed by atoms with Gasteiger partial charge in [0.2, 0.25) is 0 Å². The summed E-state index contributed by atoms with van der Waals surface area (Å²) in [6, 6.07) is 1.58. The van der Waals surface area contributed by atoms with Gasteiger partial charge in [0, 0.05) is 6.07 Å². The van der Waals surface area contributed by atoms with Gasteiger partial charge in [0.15, 0.2) is 0 Å². The number of nitrogens with zero attached hydrogens (tertiary/aromatic N) is 1. The molecular weight excluding hydrogens is 147 g/mol. The van der Waals surface area contributed by atoms with E-state index >= 15 is 0 Å². The molecule has 0 aromatic carbocycles. The van der Waals surface area contributed by atoms with E-state index in [1.165, 1.54) is 0 Å². The summed E-state index contributed by atoms with van der Waals surface area (Å²) in [5, 5.41) is 3.53. The molecule has 0 saturated heterocycles. The van der Waals surface area contributed by atoms with Gasteiger partial charge in [0.1, 0.15) is 17.6 Å². The van der Waals surface area contributed by atoms with Crippen LogP contribution in [0.25, 0.3) is 0 Å². The van der Waals surface area contributed by atoms with Crippen LogP contribution in [-0.4, -0.2) is 11.7 Å². The average molecular weight is 158 g/mol. The van der Waals surface area contributed by atoms with Gasteiger partial charge in [-0.3, -0.25) is 0 Å². The first-order chi connectivity index (χ1) is 5.24. The van der Waals surface area contributed by atoms with Crippen molar-refractivity contribution < 1.29 is 8.91 Å². The molecular formula is C7H11FN2O. The largest absolute Gasteiger partial charge is 0.361 e. The van der Waals surface area contributed by atoms with Gasteiger partial charge in [-0.2, -0.15) is 0 Å². The van der Waals surface area contributed by atoms with Gasteiger partial charge in [0.05, 0.1) is 0 Å². The maximum Gasteiger partial charge on any atom is 0.147 e. The summed E-state index contributed by atoms with van der Waals surface area (Å²) in [6.07, 6.45) is -0.788. The SMILES string of the molecule is Cc1cc(C(F)CCN)no1. The Morgan fingerprint density at radius 1 is 1.82 bits per heavy atom. The van der Waals surface area contributed by atoms with Crippen molar-refractivity contribution in [3.8, 4) is 0 Å². The highest BCUT2D eigenvalue weighted by Crippen LogP contribution is 2.19. The third kappa shape index (κ3) is 2.01. The summed E-state index contributed by atoms with van der Waals surface area (Å²) in [5.74, 6) is 0.625. The van der Waals surface area contributed by atoms with Crippen molar-refractivity contribution >= 4 is 0 Å². The lowest BCUT2D eigenvalue weighted by Gasteiger charge is -1.99. The van der Waals surface area contributed by atoms with Crippen molar-refractivity contribution in [2.45, 2.75) is 19.5 Å². The van der Waals surface area contributed by atoms with Crippen molar-refractivity contribution in [1.82, 2.24) is 5.16 Å². The number of rotatable bonds is 3. The molecule has 62 valence electrons. The van der Waals surface area contributed by atoms with E-state index in [-0.39, 0.29) is 0 Å². The second-order valence-electron chi connectivity index (χ2n) is 2.41. The van der Waals surface area contributed by atoms with Crippen molar-refractivity contribution in [3.05, 3.63) is 17.5 Å². The van der Waals surface area contributed by atoms with Crippen LogP contribution in [0.3, 0.4) is 0 Å². The molecule has 0 amide bonds. The van der Waals surface area contributed by atoms with E-state index < -0.39 is 6.17 Å². The second kappa shape index (κ2) is 3.48. The van der Waals surface area contributed by atoms with Gasteiger partial charge >= 0.3 is 0 Å². The molecule has 0 bridgehead atoms. The van der Waals surface area contributed by atoms with E-state index in [9.17, 15) is 4.39 Å². The summed E-state index contributed by atoms with van der Waals surface area (Å²) in [5.41, 5.74) is 5.52. The van der Waals surface area contributed by atoms with Crippen molar-refractivity contribution in [2.75, 3.05) is 6.54 Å². The Morgan fingerprint density at radius 3 is 3.00 bits per heavy atom. The Hall–Kier alpha value is -0.900. The fraction of sp³-hybridized carbons (Fsp3) is 0.571. The molecule has 0 aliphatic rings. The first-order valence-corrected chi connectivity index (χ1v) is 3.51. The van der Waals surface area contributed by atoms with Gasteiger partial charge in [-0.05, 0) is 19.9 Å². The molecule has 4 heteroatoms. The number of hydrogen-bond acceptors (Lipinski definition) is 3. The summed E-state index contributed by atoms with van der Waals surface area (Å²) >= 11 is 0. The number of aromatic nitrogens is 1. The fourth-order valence-electron chi connectivity index (χ4n) is 0.827. The van der Waals surface area contributed by atoms with E-state index in [0.717, 1.165) is 0 Å². The lowest BCUT2D eigenvalue weighted by molar-refractivity contribution is 0.298. The third-order valence-corrected chi connectivity index (χ3v) is 1.39. The molecule has 0 radical (unpaired) electrons. The molecule has 0 aliphatic carbocycles. The number of halogens is 1. The minimum atomic E-state index is -1.09. The van der Waals surface area contributed by atoms with Crippen LogP contribution in [0.15, 0.2) is 10.6 Å². The zero-order valence-corrected chi connectivity index (χ0v) is 6.38. The van der Waals surface area contributed by atoms with Gasteiger partial charge in [-0.15, -0.1) is 0 Å². The second-order valence-corrected chi connectivity index (χ2v) is 2.41. The van der Waals surface area contributed by atoms with Gasteiger partial charge in [0.25, 0.3) is 0 Å². The number of alkyl halides is 1. The zero-order chi connectivity index (χ0) is 8.27. The predicted octanol–water partition coefficient (Wildman–Crippen LogP) is 1.34. The molecule has 1 rings (SSSR count). The summed E-state index contributed by atoms with van der Waals surface area (Å²) in [7, 11) is 0. The number of nitrogens with two attached hydrogens (primary N) is 1. The van der Waals surface area contributed by atoms with E-state index in [1.807, 2.05) is 0 Å². The van der Waals surface area contributed by atoms with Gasteiger partial charge in [-0.25, -0.2) is 4.39 Å². The van der Waals surface area contributed by atoms with Crippen molar-refractivity contribution in [3.63, 3.8) is 0 Å². The van der Waals surface area contributed by atoms with Crippen LogP contribution in [-0.2, 0) is 0 Å². The molecule has 1 unspecified atom stereocenters. The molecule has 1 aromatic rings. The van der Waals surface area contributed by atoms with Crippen LogP contribution >= 0.6 is 0 Å². The van der Waals surface area contributed by atoms with E-state index in [1.54, 1.807) is 13.0 Å². The van der Waals surface area contributed by atoms with E-state index in [2.05, 4.69) is 5.16 Å². The van der Waals surface area contributed by atoms with E-state index in [0.29, 0.717) is 24.4 Å². The molecule has 1 aromatic heterocycles. The smallest absolute Gasteiger partial charge is 0.147 e. The Kier molecular flexibility index (Phi) is 2.59. The first-order valence-electron chi connectivity index (χ1n) is 3.51. The van der Waals surface area contributed by atoms with Gasteiger partial charge < -0.3 is 10.3 Å². The van der Waals surface area contributed by atoms with E-state index in [4.69, 9.17) is 10.3 Å². The molecule has 0 spiro atoms. The van der Waals surface area contributed by atoms with Crippen LogP contribution < -0.4 is 5.73 Å². The lowest BCUT2D eigenvalue weighted by atomic mass is 10.2. The highest BCUT2D eigenvalue weighted by Gasteiger charge is 2.12. The van der Waals surface area contributed by atoms with Crippen LogP contribution in [0.2, 0.25) is 0 Å². The fourth-order valence-corrected chi connectivity index (χ4v) is 0.827. The van der Waals surface area contributed by atoms with Crippen LogP contribution in [0.4, 0.5) is 4.39 Å². The normalized spacial score (nSPS) is 13.4. The summed E-state index contributed by atoms with van der Waals surface area (Å²) in [4.78, 5) is 0. The third-order valence-electron chi connectivity index (χ3n) is 1.39. The molecule has 2 N–H and O–H groups in total. The Labute approximate surface area is 64.4 Å². The van der Waals surface area contributed by atoms with Crippen molar-refractivity contribution in [2.24, 2.45) is 5.73 Å². The molecule has 0 aliphatic heterocycles. The minimum absolute atomic E-state index is 0.298. The molecule has 1 atom stereocenters. The van der Waals surface area contributed by atoms with Gasteiger partial charge in [-0.1, -0.05) is 5.16 Å². The molecule has 1 heterocycles. The topological polar surface area (TPSA) is 52.0 Å². The highest BCUT2D eigenvalue weighted by molar-refractivity contribution is 5.06. The predicted molar refractivity (Wildman–Crippen MR) is 38.8 cm³/mol.